The highest BCUT2D eigenvalue weighted by Gasteiger charge is 2.14. The summed E-state index contributed by atoms with van der Waals surface area (Å²) >= 11 is 0. The van der Waals surface area contributed by atoms with E-state index in [9.17, 15) is 4.79 Å². The standard InChI is InChI=1S/C16H22N2O2/c1-4-20-9-5-8-17-16(19)15-12(3)13-10-11(2)6-7-14(13)18-15/h6-7,10,18H,4-5,8-9H2,1-3H3,(H,17,19). The number of aryl methyl sites for hydroxylation is 2. The molecule has 0 aliphatic carbocycles. The molecule has 1 aromatic heterocycles. The van der Waals surface area contributed by atoms with Crippen LogP contribution in [0.4, 0.5) is 0 Å². The van der Waals surface area contributed by atoms with Crippen molar-refractivity contribution in [2.24, 2.45) is 0 Å². The van der Waals surface area contributed by atoms with Gasteiger partial charge in [0.15, 0.2) is 0 Å². The lowest BCUT2D eigenvalue weighted by atomic mass is 10.1. The van der Waals surface area contributed by atoms with E-state index in [1.165, 1.54) is 5.56 Å². The van der Waals surface area contributed by atoms with Crippen molar-refractivity contribution >= 4 is 16.8 Å². The molecule has 108 valence electrons. The monoisotopic (exact) mass is 274 g/mol. The fourth-order valence-electron chi connectivity index (χ4n) is 2.28. The second-order valence-corrected chi connectivity index (χ2v) is 4.98. The number of benzene rings is 1. The maximum absolute atomic E-state index is 12.2. The number of amides is 1. The highest BCUT2D eigenvalue weighted by atomic mass is 16.5. The summed E-state index contributed by atoms with van der Waals surface area (Å²) < 4.78 is 5.25. The van der Waals surface area contributed by atoms with E-state index in [4.69, 9.17) is 4.74 Å². The van der Waals surface area contributed by atoms with E-state index < -0.39 is 0 Å². The van der Waals surface area contributed by atoms with Crippen LogP contribution in [0, 0.1) is 13.8 Å². The molecule has 4 heteroatoms. The van der Waals surface area contributed by atoms with Crippen molar-refractivity contribution in [2.45, 2.75) is 27.2 Å². The van der Waals surface area contributed by atoms with Gasteiger partial charge in [-0.1, -0.05) is 11.6 Å². The maximum atomic E-state index is 12.2. The van der Waals surface area contributed by atoms with Gasteiger partial charge in [0, 0.05) is 30.7 Å². The predicted octanol–water partition coefficient (Wildman–Crippen LogP) is 2.94. The molecule has 2 N–H and O–H groups in total. The number of rotatable bonds is 6. The Balaban J connectivity index is 2.05. The number of carbonyl (C=O) groups excluding carboxylic acids is 1. The lowest BCUT2D eigenvalue weighted by molar-refractivity contribution is 0.0939. The molecule has 2 aromatic rings. The fraction of sp³-hybridized carbons (Fsp3) is 0.438. The van der Waals surface area contributed by atoms with E-state index in [0.29, 0.717) is 25.5 Å². The second kappa shape index (κ2) is 6.57. The molecule has 0 radical (unpaired) electrons. The summed E-state index contributed by atoms with van der Waals surface area (Å²) in [5, 5.41) is 4.04. The van der Waals surface area contributed by atoms with Crippen molar-refractivity contribution in [2.75, 3.05) is 19.8 Å². The summed E-state index contributed by atoms with van der Waals surface area (Å²) in [5.41, 5.74) is 3.86. The minimum Gasteiger partial charge on any atom is -0.382 e. The predicted molar refractivity (Wildman–Crippen MR) is 81.2 cm³/mol. The van der Waals surface area contributed by atoms with E-state index in [0.717, 1.165) is 22.9 Å². The number of aromatic amines is 1. The third kappa shape index (κ3) is 3.20. The summed E-state index contributed by atoms with van der Waals surface area (Å²) in [5.74, 6) is -0.0483. The molecular formula is C16H22N2O2. The molecule has 0 fully saturated rings. The molecule has 0 unspecified atom stereocenters. The van der Waals surface area contributed by atoms with Gasteiger partial charge >= 0.3 is 0 Å². The van der Waals surface area contributed by atoms with Gasteiger partial charge in [-0.3, -0.25) is 4.79 Å². The lowest BCUT2D eigenvalue weighted by Gasteiger charge is -2.04. The number of fused-ring (bicyclic) bond motifs is 1. The number of nitrogens with one attached hydrogen (secondary N) is 2. The van der Waals surface area contributed by atoms with Crippen LogP contribution in [-0.2, 0) is 4.74 Å². The van der Waals surface area contributed by atoms with Gasteiger partial charge in [-0.25, -0.2) is 0 Å². The van der Waals surface area contributed by atoms with Crippen molar-refractivity contribution in [1.82, 2.24) is 10.3 Å². The highest BCUT2D eigenvalue weighted by Crippen LogP contribution is 2.22. The third-order valence-electron chi connectivity index (χ3n) is 3.40. The maximum Gasteiger partial charge on any atom is 0.268 e. The van der Waals surface area contributed by atoms with Crippen LogP contribution in [0.15, 0.2) is 18.2 Å². The molecular weight excluding hydrogens is 252 g/mol. The third-order valence-corrected chi connectivity index (χ3v) is 3.40. The Kier molecular flexibility index (Phi) is 4.79. The molecule has 0 aliphatic rings. The number of carbonyl (C=O) groups is 1. The van der Waals surface area contributed by atoms with Crippen molar-refractivity contribution in [1.29, 1.82) is 0 Å². The van der Waals surface area contributed by atoms with Crippen LogP contribution in [0.2, 0.25) is 0 Å². The number of aromatic nitrogens is 1. The SMILES string of the molecule is CCOCCCNC(=O)c1[nH]c2ccc(C)cc2c1C. The van der Waals surface area contributed by atoms with Crippen LogP contribution in [0.3, 0.4) is 0 Å². The van der Waals surface area contributed by atoms with Crippen LogP contribution in [0.1, 0.15) is 35.0 Å². The summed E-state index contributed by atoms with van der Waals surface area (Å²) in [6.45, 7) is 8.03. The molecule has 1 aromatic carbocycles. The van der Waals surface area contributed by atoms with Gasteiger partial charge in [0.2, 0.25) is 0 Å². The smallest absolute Gasteiger partial charge is 0.268 e. The molecule has 0 spiro atoms. The van der Waals surface area contributed by atoms with E-state index in [1.807, 2.05) is 26.0 Å². The van der Waals surface area contributed by atoms with Gasteiger partial charge in [0.1, 0.15) is 5.69 Å². The first-order valence-corrected chi connectivity index (χ1v) is 7.08. The molecule has 0 saturated heterocycles. The first kappa shape index (κ1) is 14.6. The van der Waals surface area contributed by atoms with Crippen LogP contribution in [-0.4, -0.2) is 30.6 Å². The largest absolute Gasteiger partial charge is 0.382 e. The van der Waals surface area contributed by atoms with Crippen LogP contribution in [0.25, 0.3) is 10.9 Å². The van der Waals surface area contributed by atoms with Crippen molar-refractivity contribution < 1.29 is 9.53 Å². The molecule has 20 heavy (non-hydrogen) atoms. The number of hydrogen-bond donors (Lipinski definition) is 2. The molecule has 0 saturated carbocycles. The molecule has 2 rings (SSSR count). The Labute approximate surface area is 119 Å². The zero-order chi connectivity index (χ0) is 14.5. The minimum absolute atomic E-state index is 0.0483. The molecule has 4 nitrogen and oxygen atoms in total. The number of ether oxygens (including phenoxy) is 1. The van der Waals surface area contributed by atoms with E-state index in [1.54, 1.807) is 0 Å². The average molecular weight is 274 g/mol. The normalized spacial score (nSPS) is 10.9. The van der Waals surface area contributed by atoms with Crippen LogP contribution in [0.5, 0.6) is 0 Å². The lowest BCUT2D eigenvalue weighted by Crippen LogP contribution is -2.26. The number of hydrogen-bond acceptors (Lipinski definition) is 2. The van der Waals surface area contributed by atoms with Gasteiger partial charge in [0.05, 0.1) is 0 Å². The zero-order valence-corrected chi connectivity index (χ0v) is 12.4. The summed E-state index contributed by atoms with van der Waals surface area (Å²) in [6.07, 6.45) is 0.831. The number of H-pyrrole nitrogens is 1. The molecule has 0 bridgehead atoms. The second-order valence-electron chi connectivity index (χ2n) is 4.98. The van der Waals surface area contributed by atoms with Gasteiger partial charge in [-0.15, -0.1) is 0 Å². The Hall–Kier alpha value is -1.81. The van der Waals surface area contributed by atoms with Gasteiger partial charge in [0.25, 0.3) is 5.91 Å². The van der Waals surface area contributed by atoms with Crippen LogP contribution < -0.4 is 5.32 Å². The average Bonchev–Trinajstić information content (AvgIpc) is 2.76. The summed E-state index contributed by atoms with van der Waals surface area (Å²) in [7, 11) is 0. The van der Waals surface area contributed by atoms with E-state index in [-0.39, 0.29) is 5.91 Å². The molecule has 1 amide bonds. The van der Waals surface area contributed by atoms with Gasteiger partial charge in [-0.2, -0.15) is 0 Å². The minimum atomic E-state index is -0.0483. The topological polar surface area (TPSA) is 54.1 Å². The van der Waals surface area contributed by atoms with Crippen molar-refractivity contribution in [3.63, 3.8) is 0 Å². The Bertz CT molecular complexity index is 602. The molecule has 0 atom stereocenters. The van der Waals surface area contributed by atoms with Gasteiger partial charge in [-0.05, 0) is 44.9 Å². The fourth-order valence-corrected chi connectivity index (χ4v) is 2.28. The van der Waals surface area contributed by atoms with Gasteiger partial charge < -0.3 is 15.0 Å². The quantitative estimate of drug-likeness (QED) is 0.796. The zero-order valence-electron chi connectivity index (χ0n) is 12.4. The first-order valence-electron chi connectivity index (χ1n) is 7.08. The van der Waals surface area contributed by atoms with Crippen molar-refractivity contribution in [3.05, 3.63) is 35.0 Å². The summed E-state index contributed by atoms with van der Waals surface area (Å²) in [4.78, 5) is 15.4. The van der Waals surface area contributed by atoms with Crippen molar-refractivity contribution in [3.8, 4) is 0 Å². The molecule has 0 aliphatic heterocycles. The summed E-state index contributed by atoms with van der Waals surface area (Å²) in [6, 6.07) is 6.17. The molecule has 1 heterocycles. The Morgan fingerprint density at radius 1 is 1.35 bits per heavy atom. The Morgan fingerprint density at radius 2 is 2.15 bits per heavy atom. The first-order chi connectivity index (χ1) is 9.63. The van der Waals surface area contributed by atoms with Crippen LogP contribution >= 0.6 is 0 Å². The Morgan fingerprint density at radius 3 is 2.90 bits per heavy atom. The van der Waals surface area contributed by atoms with E-state index in [2.05, 4.69) is 23.3 Å². The highest BCUT2D eigenvalue weighted by molar-refractivity contribution is 6.00. The van der Waals surface area contributed by atoms with E-state index >= 15 is 0 Å².